The van der Waals surface area contributed by atoms with Gasteiger partial charge in [-0.15, -0.1) is 0 Å². The lowest BCUT2D eigenvalue weighted by molar-refractivity contribution is 0.102. The summed E-state index contributed by atoms with van der Waals surface area (Å²) in [5.74, 6) is 0.505. The van der Waals surface area contributed by atoms with E-state index in [9.17, 15) is 4.79 Å². The minimum absolute atomic E-state index is 0.154. The molecule has 2 aromatic carbocycles. The summed E-state index contributed by atoms with van der Waals surface area (Å²) >= 11 is 3.42. The molecule has 24 heavy (non-hydrogen) atoms. The minimum Gasteiger partial charge on any atom is -0.497 e. The molecule has 1 saturated heterocycles. The first-order chi connectivity index (χ1) is 11.7. The van der Waals surface area contributed by atoms with Crippen LogP contribution in [0.1, 0.15) is 28.8 Å². The number of likely N-dealkylation sites (tertiary alicyclic amines) is 1. The highest BCUT2D eigenvalue weighted by atomic mass is 79.9. The average Bonchev–Trinajstić information content (AvgIpc) is 3.08. The second kappa shape index (κ2) is 7.81. The van der Waals surface area contributed by atoms with E-state index in [2.05, 4.69) is 32.2 Å². The van der Waals surface area contributed by atoms with Gasteiger partial charge in [0, 0.05) is 16.7 Å². The number of hydrogen-bond acceptors (Lipinski definition) is 3. The van der Waals surface area contributed by atoms with Crippen molar-refractivity contribution < 1.29 is 9.53 Å². The Morgan fingerprint density at radius 3 is 2.75 bits per heavy atom. The number of nitrogens with one attached hydrogen (secondary N) is 1. The van der Waals surface area contributed by atoms with Crippen molar-refractivity contribution in [2.75, 3.05) is 25.5 Å². The van der Waals surface area contributed by atoms with E-state index in [0.29, 0.717) is 11.3 Å². The zero-order chi connectivity index (χ0) is 16.9. The number of carbonyl (C=O) groups is 1. The fourth-order valence-corrected chi connectivity index (χ4v) is 3.38. The van der Waals surface area contributed by atoms with Gasteiger partial charge in [0.15, 0.2) is 0 Å². The van der Waals surface area contributed by atoms with Gasteiger partial charge in [-0.1, -0.05) is 12.1 Å². The summed E-state index contributed by atoms with van der Waals surface area (Å²) in [7, 11) is 1.59. The van der Waals surface area contributed by atoms with Crippen molar-refractivity contribution in [3.8, 4) is 5.75 Å². The largest absolute Gasteiger partial charge is 0.497 e. The van der Waals surface area contributed by atoms with E-state index in [1.165, 1.54) is 18.4 Å². The monoisotopic (exact) mass is 388 g/mol. The highest BCUT2D eigenvalue weighted by Crippen LogP contribution is 2.24. The van der Waals surface area contributed by atoms with Gasteiger partial charge < -0.3 is 10.1 Å². The van der Waals surface area contributed by atoms with Gasteiger partial charge in [-0.05, 0) is 77.8 Å². The molecule has 1 fully saturated rings. The summed E-state index contributed by atoms with van der Waals surface area (Å²) in [6.45, 7) is 3.26. The Labute approximate surface area is 150 Å². The van der Waals surface area contributed by atoms with Gasteiger partial charge in [-0.3, -0.25) is 9.69 Å². The molecule has 2 aromatic rings. The third kappa shape index (κ3) is 4.16. The van der Waals surface area contributed by atoms with Crippen molar-refractivity contribution >= 4 is 27.5 Å². The number of benzene rings is 2. The van der Waals surface area contributed by atoms with Crippen LogP contribution in [0.2, 0.25) is 0 Å². The molecule has 126 valence electrons. The highest BCUT2D eigenvalue weighted by molar-refractivity contribution is 9.10. The molecule has 0 spiro atoms. The number of rotatable bonds is 5. The maximum absolute atomic E-state index is 12.6. The maximum Gasteiger partial charge on any atom is 0.256 e. The first-order valence-corrected chi connectivity index (χ1v) is 8.91. The van der Waals surface area contributed by atoms with Crippen molar-refractivity contribution in [3.05, 3.63) is 58.1 Å². The van der Waals surface area contributed by atoms with Crippen LogP contribution < -0.4 is 10.1 Å². The Balaban J connectivity index is 1.72. The molecule has 1 aliphatic heterocycles. The lowest BCUT2D eigenvalue weighted by Crippen LogP contribution is -2.18. The predicted molar refractivity (Wildman–Crippen MR) is 99.6 cm³/mol. The minimum atomic E-state index is -0.154. The molecule has 4 nitrogen and oxygen atoms in total. The van der Waals surface area contributed by atoms with Crippen LogP contribution in [-0.4, -0.2) is 31.0 Å². The van der Waals surface area contributed by atoms with Crippen molar-refractivity contribution in [2.45, 2.75) is 19.4 Å². The molecule has 1 aliphatic rings. The smallest absolute Gasteiger partial charge is 0.256 e. The Hall–Kier alpha value is -1.85. The molecule has 0 radical (unpaired) electrons. The van der Waals surface area contributed by atoms with Gasteiger partial charge in [0.2, 0.25) is 0 Å². The van der Waals surface area contributed by atoms with Gasteiger partial charge in [0.1, 0.15) is 5.75 Å². The van der Waals surface area contributed by atoms with Crippen molar-refractivity contribution in [1.29, 1.82) is 0 Å². The molecule has 0 atom stereocenters. The number of nitrogens with zero attached hydrogens (tertiary/aromatic N) is 1. The first kappa shape index (κ1) is 17.0. The van der Waals surface area contributed by atoms with E-state index in [1.54, 1.807) is 13.2 Å². The lowest BCUT2D eigenvalue weighted by atomic mass is 10.1. The zero-order valence-electron chi connectivity index (χ0n) is 13.7. The van der Waals surface area contributed by atoms with Crippen molar-refractivity contribution in [2.24, 2.45) is 0 Å². The first-order valence-electron chi connectivity index (χ1n) is 8.12. The molecular formula is C19H21BrN2O2. The highest BCUT2D eigenvalue weighted by Gasteiger charge is 2.14. The zero-order valence-corrected chi connectivity index (χ0v) is 15.3. The number of ether oxygens (including phenoxy) is 1. The number of methoxy groups -OCH3 is 1. The fourth-order valence-electron chi connectivity index (χ4n) is 2.95. The number of carbonyl (C=O) groups excluding carboxylic acids is 1. The molecule has 0 saturated carbocycles. The number of amides is 1. The summed E-state index contributed by atoms with van der Waals surface area (Å²) in [6, 6.07) is 13.4. The van der Waals surface area contributed by atoms with Crippen LogP contribution in [0.3, 0.4) is 0 Å². The number of halogens is 1. The third-order valence-electron chi connectivity index (χ3n) is 4.21. The fraction of sp³-hybridized carbons (Fsp3) is 0.316. The number of hydrogen-bond donors (Lipinski definition) is 1. The second-order valence-electron chi connectivity index (χ2n) is 5.98. The SMILES string of the molecule is COc1ccc(Br)c(C(=O)Nc2cccc(CN3CCCC3)c2)c1. The van der Waals surface area contributed by atoms with E-state index in [4.69, 9.17) is 4.74 Å². The van der Waals surface area contributed by atoms with E-state index in [0.717, 1.165) is 29.8 Å². The second-order valence-corrected chi connectivity index (χ2v) is 6.84. The van der Waals surface area contributed by atoms with Gasteiger partial charge in [0.25, 0.3) is 5.91 Å². The summed E-state index contributed by atoms with van der Waals surface area (Å²) in [5, 5.41) is 2.97. The van der Waals surface area contributed by atoms with Crippen molar-refractivity contribution in [3.63, 3.8) is 0 Å². The molecular weight excluding hydrogens is 368 g/mol. The summed E-state index contributed by atoms with van der Waals surface area (Å²) in [4.78, 5) is 15.0. The molecule has 0 aromatic heterocycles. The van der Waals surface area contributed by atoms with Crippen LogP contribution in [0.5, 0.6) is 5.75 Å². The van der Waals surface area contributed by atoms with Crippen LogP contribution in [-0.2, 0) is 6.54 Å². The lowest BCUT2D eigenvalue weighted by Gasteiger charge is -2.15. The quantitative estimate of drug-likeness (QED) is 0.829. The van der Waals surface area contributed by atoms with E-state index in [1.807, 2.05) is 30.3 Å². The van der Waals surface area contributed by atoms with E-state index in [-0.39, 0.29) is 5.91 Å². The molecule has 0 bridgehead atoms. The molecule has 1 N–H and O–H groups in total. The van der Waals surface area contributed by atoms with Gasteiger partial charge in [-0.25, -0.2) is 0 Å². The Bertz CT molecular complexity index is 727. The van der Waals surface area contributed by atoms with Crippen molar-refractivity contribution in [1.82, 2.24) is 4.90 Å². The third-order valence-corrected chi connectivity index (χ3v) is 4.90. The Morgan fingerprint density at radius 2 is 2.00 bits per heavy atom. The Kier molecular flexibility index (Phi) is 5.53. The summed E-state index contributed by atoms with van der Waals surface area (Å²) in [5.41, 5.74) is 2.59. The topological polar surface area (TPSA) is 41.6 Å². The molecule has 3 rings (SSSR count). The van der Waals surface area contributed by atoms with E-state index < -0.39 is 0 Å². The molecule has 0 unspecified atom stereocenters. The van der Waals surface area contributed by atoms with Gasteiger partial charge in [-0.2, -0.15) is 0 Å². The normalized spacial score (nSPS) is 14.6. The van der Waals surface area contributed by atoms with Crippen LogP contribution in [0, 0.1) is 0 Å². The van der Waals surface area contributed by atoms with Crippen LogP contribution in [0.4, 0.5) is 5.69 Å². The van der Waals surface area contributed by atoms with Crippen LogP contribution in [0.25, 0.3) is 0 Å². The number of anilines is 1. The standard InChI is InChI=1S/C19H21BrN2O2/c1-24-16-7-8-18(20)17(12-16)19(23)21-15-6-4-5-14(11-15)13-22-9-2-3-10-22/h4-8,11-12H,2-3,9-10,13H2,1H3,(H,21,23). The molecule has 1 heterocycles. The van der Waals surface area contributed by atoms with Crippen LogP contribution in [0.15, 0.2) is 46.9 Å². The molecule has 0 aliphatic carbocycles. The Morgan fingerprint density at radius 1 is 1.21 bits per heavy atom. The van der Waals surface area contributed by atoms with E-state index >= 15 is 0 Å². The average molecular weight is 389 g/mol. The predicted octanol–water partition coefficient (Wildman–Crippen LogP) is 4.31. The molecule has 5 heteroatoms. The van der Waals surface area contributed by atoms with Gasteiger partial charge in [0.05, 0.1) is 12.7 Å². The summed E-state index contributed by atoms with van der Waals surface area (Å²) < 4.78 is 5.94. The van der Waals surface area contributed by atoms with Crippen LogP contribution >= 0.6 is 15.9 Å². The van der Waals surface area contributed by atoms with Gasteiger partial charge >= 0.3 is 0 Å². The molecule has 1 amide bonds. The maximum atomic E-state index is 12.6. The summed E-state index contributed by atoms with van der Waals surface area (Å²) in [6.07, 6.45) is 2.56.